The van der Waals surface area contributed by atoms with E-state index in [4.69, 9.17) is 9.97 Å². The van der Waals surface area contributed by atoms with Gasteiger partial charge in [-0.25, -0.2) is 15.0 Å². The van der Waals surface area contributed by atoms with Crippen molar-refractivity contribution >= 4 is 39.6 Å². The zero-order valence-electron chi connectivity index (χ0n) is 28.7. The second-order valence-electron chi connectivity index (χ2n) is 12.9. The summed E-state index contributed by atoms with van der Waals surface area (Å²) in [4.78, 5) is 47.7. The molecule has 252 valence electrons. The zero-order valence-corrected chi connectivity index (χ0v) is 28.7. The lowest BCUT2D eigenvalue weighted by Gasteiger charge is -2.10. The summed E-state index contributed by atoms with van der Waals surface area (Å²) in [6, 6.07) is 22.8. The molecule has 0 aliphatic heterocycles. The molecule has 3 heterocycles. The molecule has 3 N–H and O–H groups in total. The third-order valence-electron chi connectivity index (χ3n) is 8.39. The molecule has 0 aliphatic rings. The Balaban J connectivity index is 1.13. The van der Waals surface area contributed by atoms with Crippen molar-refractivity contribution in [3.05, 3.63) is 102 Å². The van der Waals surface area contributed by atoms with Gasteiger partial charge in [-0.2, -0.15) is 0 Å². The fraction of sp³-hybridized carbons (Fsp3) is 0.289. The maximum Gasteiger partial charge on any atom is 0.255 e. The van der Waals surface area contributed by atoms with Gasteiger partial charge in [-0.3, -0.25) is 14.2 Å². The third kappa shape index (κ3) is 8.02. The smallest absolute Gasteiger partial charge is 0.255 e. The number of pyridine rings is 1. The predicted molar refractivity (Wildman–Crippen MR) is 195 cm³/mol. The van der Waals surface area contributed by atoms with E-state index >= 15 is 0 Å². The van der Waals surface area contributed by atoms with Crippen molar-refractivity contribution in [2.45, 2.75) is 26.2 Å². The van der Waals surface area contributed by atoms with Crippen molar-refractivity contribution in [1.29, 1.82) is 0 Å². The Morgan fingerprint density at radius 2 is 1.57 bits per heavy atom. The molecule has 11 heteroatoms. The second-order valence-corrected chi connectivity index (χ2v) is 12.9. The van der Waals surface area contributed by atoms with Gasteiger partial charge in [-0.15, -0.1) is 0 Å². The van der Waals surface area contributed by atoms with Gasteiger partial charge in [-0.05, 0) is 127 Å². The topological polar surface area (TPSA) is 124 Å². The largest absolute Gasteiger partial charge is 0.352 e. The van der Waals surface area contributed by atoms with Crippen molar-refractivity contribution in [3.8, 4) is 16.9 Å². The van der Waals surface area contributed by atoms with Crippen LogP contribution in [0.3, 0.4) is 0 Å². The highest BCUT2D eigenvalue weighted by Crippen LogP contribution is 2.26. The number of aryl methyl sites for hydroxylation is 2. The van der Waals surface area contributed by atoms with Crippen molar-refractivity contribution in [1.82, 2.24) is 39.6 Å². The van der Waals surface area contributed by atoms with Crippen LogP contribution in [-0.2, 0) is 6.42 Å². The van der Waals surface area contributed by atoms with E-state index in [2.05, 4.69) is 44.5 Å². The lowest BCUT2D eigenvalue weighted by Crippen LogP contribution is -2.27. The number of H-pyrrole nitrogens is 1. The molecule has 0 aliphatic carbocycles. The van der Waals surface area contributed by atoms with Crippen LogP contribution in [0.2, 0.25) is 0 Å². The molecule has 6 rings (SSSR count). The first kappa shape index (κ1) is 33.5. The monoisotopic (exact) mass is 657 g/mol. The molecule has 11 nitrogen and oxygen atoms in total. The third-order valence-corrected chi connectivity index (χ3v) is 8.39. The number of nitrogens with zero attached hydrogens (tertiary/aromatic N) is 6. The molecule has 0 saturated heterocycles. The van der Waals surface area contributed by atoms with Gasteiger partial charge in [-0.1, -0.05) is 12.1 Å². The summed E-state index contributed by atoms with van der Waals surface area (Å²) in [5.74, 6) is 2.14. The van der Waals surface area contributed by atoms with Crippen LogP contribution in [0.4, 0.5) is 5.69 Å². The van der Waals surface area contributed by atoms with Crippen molar-refractivity contribution < 1.29 is 9.59 Å². The van der Waals surface area contributed by atoms with Crippen LogP contribution >= 0.6 is 0 Å². The van der Waals surface area contributed by atoms with Gasteiger partial charge in [0.2, 0.25) is 0 Å². The van der Waals surface area contributed by atoms with E-state index in [9.17, 15) is 9.59 Å². The first-order valence-corrected chi connectivity index (χ1v) is 16.6. The normalized spacial score (nSPS) is 11.6. The van der Waals surface area contributed by atoms with Crippen molar-refractivity contribution in [3.63, 3.8) is 0 Å². The minimum atomic E-state index is -0.191. The first-order chi connectivity index (χ1) is 23.6. The van der Waals surface area contributed by atoms with E-state index in [0.29, 0.717) is 23.4 Å². The van der Waals surface area contributed by atoms with Gasteiger partial charge in [0.1, 0.15) is 17.5 Å². The van der Waals surface area contributed by atoms with Crippen LogP contribution in [-0.4, -0.2) is 93.9 Å². The Hall–Kier alpha value is -5.39. The molecular weight excluding hydrogens is 614 g/mol. The van der Waals surface area contributed by atoms with Gasteiger partial charge in [0.25, 0.3) is 11.8 Å². The summed E-state index contributed by atoms with van der Waals surface area (Å²) in [5.41, 5.74) is 6.99. The number of carbonyl (C=O) groups excluding carboxylic acids is 2. The summed E-state index contributed by atoms with van der Waals surface area (Å²) >= 11 is 0. The summed E-state index contributed by atoms with van der Waals surface area (Å²) in [5, 5.41) is 6.03. The maximum atomic E-state index is 13.2. The average molecular weight is 658 g/mol. The van der Waals surface area contributed by atoms with E-state index in [0.717, 1.165) is 83.0 Å². The van der Waals surface area contributed by atoms with E-state index in [1.807, 2.05) is 98.5 Å². The molecule has 0 atom stereocenters. The van der Waals surface area contributed by atoms with Gasteiger partial charge in [0.05, 0.1) is 22.1 Å². The van der Waals surface area contributed by atoms with Crippen LogP contribution in [0, 0.1) is 6.92 Å². The minimum absolute atomic E-state index is 0.104. The van der Waals surface area contributed by atoms with E-state index in [1.165, 1.54) is 0 Å². The Kier molecular flexibility index (Phi) is 10.1. The molecule has 2 amide bonds. The Morgan fingerprint density at radius 1 is 0.796 bits per heavy atom. The maximum absolute atomic E-state index is 13.2. The highest BCUT2D eigenvalue weighted by atomic mass is 16.2. The molecule has 49 heavy (non-hydrogen) atoms. The molecule has 0 bridgehead atoms. The number of fused-ring (bicyclic) bond motifs is 2. The number of nitrogens with one attached hydrogen (secondary N) is 3. The average Bonchev–Trinajstić information content (AvgIpc) is 3.65. The Bertz CT molecular complexity index is 2090. The standard InChI is InChI=1S/C38H43N9O2/c1-25-41-33-23-27(37(48)39-18-8-20-46(4)5)13-16-34(33)47(25)36-17-14-29(24-40-36)26-9-6-10-30(21-26)42-38(49)28-12-15-31-32(22-28)44-35(43-31)11-7-19-45(2)3/h6,9-10,12-17,21-24H,7-8,11,18-20H2,1-5H3,(H,39,48)(H,42,49)(H,43,44). The number of amides is 2. The molecule has 3 aromatic carbocycles. The number of aromatic amines is 1. The van der Waals surface area contributed by atoms with E-state index in [-0.39, 0.29) is 11.8 Å². The minimum Gasteiger partial charge on any atom is -0.352 e. The molecule has 0 unspecified atom stereocenters. The number of imidazole rings is 2. The number of hydrogen-bond donors (Lipinski definition) is 3. The van der Waals surface area contributed by atoms with Gasteiger partial charge >= 0.3 is 0 Å². The van der Waals surface area contributed by atoms with Crippen molar-refractivity contribution in [2.75, 3.05) is 53.1 Å². The quantitative estimate of drug-likeness (QED) is 0.136. The fourth-order valence-electron chi connectivity index (χ4n) is 5.88. The number of anilines is 1. The van der Waals surface area contributed by atoms with Crippen LogP contribution in [0.25, 0.3) is 39.0 Å². The zero-order chi connectivity index (χ0) is 34.5. The lowest BCUT2D eigenvalue weighted by atomic mass is 10.1. The molecular formula is C38H43N9O2. The summed E-state index contributed by atoms with van der Waals surface area (Å²) in [7, 11) is 8.16. The van der Waals surface area contributed by atoms with Crippen molar-refractivity contribution in [2.24, 2.45) is 0 Å². The molecule has 0 spiro atoms. The second kappa shape index (κ2) is 14.8. The number of benzene rings is 3. The predicted octanol–water partition coefficient (Wildman–Crippen LogP) is 5.70. The van der Waals surface area contributed by atoms with Gasteiger partial charge in [0, 0.05) is 41.5 Å². The van der Waals surface area contributed by atoms with Gasteiger partial charge < -0.3 is 25.4 Å². The Labute approximate surface area is 286 Å². The summed E-state index contributed by atoms with van der Waals surface area (Å²) in [6.45, 7) is 4.46. The van der Waals surface area contributed by atoms with Crippen LogP contribution < -0.4 is 10.6 Å². The highest BCUT2D eigenvalue weighted by molar-refractivity contribution is 6.06. The molecule has 0 radical (unpaired) electrons. The summed E-state index contributed by atoms with van der Waals surface area (Å²) < 4.78 is 1.98. The molecule has 3 aromatic heterocycles. The van der Waals surface area contributed by atoms with Gasteiger partial charge in [0.15, 0.2) is 0 Å². The van der Waals surface area contributed by atoms with Crippen LogP contribution in [0.5, 0.6) is 0 Å². The summed E-state index contributed by atoms with van der Waals surface area (Å²) in [6.07, 6.45) is 4.57. The van der Waals surface area contributed by atoms with Crippen LogP contribution in [0.15, 0.2) is 79.0 Å². The number of hydrogen-bond acceptors (Lipinski definition) is 7. The number of aromatic nitrogens is 5. The van der Waals surface area contributed by atoms with E-state index in [1.54, 1.807) is 6.07 Å². The number of carbonyl (C=O) groups is 2. The van der Waals surface area contributed by atoms with Crippen LogP contribution in [0.1, 0.15) is 45.2 Å². The van der Waals surface area contributed by atoms with E-state index < -0.39 is 0 Å². The first-order valence-electron chi connectivity index (χ1n) is 16.6. The molecule has 0 fully saturated rings. The lowest BCUT2D eigenvalue weighted by molar-refractivity contribution is 0.0951. The molecule has 6 aromatic rings. The SMILES string of the molecule is Cc1nc2cc(C(=O)NCCCN(C)C)ccc2n1-c1ccc(-c2cccc(NC(=O)c3ccc4nc(CCCN(C)C)[nH]c4c3)c2)cn1. The highest BCUT2D eigenvalue weighted by Gasteiger charge is 2.15. The fourth-order valence-corrected chi connectivity index (χ4v) is 5.88. The molecule has 0 saturated carbocycles. The number of rotatable bonds is 13. The Morgan fingerprint density at radius 3 is 2.35 bits per heavy atom.